The molecule has 0 radical (unpaired) electrons. The van der Waals surface area contributed by atoms with Gasteiger partial charge in [0.25, 0.3) is 0 Å². The van der Waals surface area contributed by atoms with Crippen LogP contribution in [0.3, 0.4) is 0 Å². The van der Waals surface area contributed by atoms with Crippen LogP contribution < -0.4 is 0 Å². The van der Waals surface area contributed by atoms with Crippen LogP contribution in [0.4, 0.5) is 0 Å². The summed E-state index contributed by atoms with van der Waals surface area (Å²) in [5, 5.41) is 19.9. The zero-order chi connectivity index (χ0) is 22.3. The fraction of sp³-hybridized carbons (Fsp3) is 0.259. The van der Waals surface area contributed by atoms with Crippen LogP contribution in [0.15, 0.2) is 91.0 Å². The second-order valence-electron chi connectivity index (χ2n) is 8.13. The van der Waals surface area contributed by atoms with Gasteiger partial charge in [0.05, 0.1) is 0 Å². The largest absolute Gasteiger partial charge is 0.380 e. The average Bonchev–Trinajstić information content (AvgIpc) is 3.28. The number of aryl methyl sites for hydroxylation is 1. The minimum atomic E-state index is -0.835. The van der Waals surface area contributed by atoms with E-state index < -0.39 is 6.10 Å². The van der Waals surface area contributed by atoms with Crippen LogP contribution in [-0.4, -0.2) is 38.4 Å². The van der Waals surface area contributed by atoms with E-state index in [2.05, 4.69) is 53.3 Å². The van der Waals surface area contributed by atoms with Crippen molar-refractivity contribution >= 4 is 0 Å². The molecule has 0 spiro atoms. The van der Waals surface area contributed by atoms with Crippen LogP contribution in [0.25, 0.3) is 5.69 Å². The Labute approximate surface area is 190 Å². The summed E-state index contributed by atoms with van der Waals surface area (Å²) in [6.07, 6.45) is 0.883. The van der Waals surface area contributed by atoms with Crippen molar-refractivity contribution in [3.05, 3.63) is 114 Å². The predicted octanol–water partition coefficient (Wildman–Crippen LogP) is 4.97. The van der Waals surface area contributed by atoms with E-state index in [1.807, 2.05) is 71.3 Å². The molecule has 2 atom stereocenters. The first-order chi connectivity index (χ1) is 15.6. The SMILES string of the molecule is CC(c1ccccc1)N(C)CCCc1nnc(C(O)c2ccccc2)n1-c1ccccc1. The molecule has 1 aromatic heterocycles. The van der Waals surface area contributed by atoms with Crippen molar-refractivity contribution in [1.82, 2.24) is 19.7 Å². The highest BCUT2D eigenvalue weighted by Crippen LogP contribution is 2.25. The van der Waals surface area contributed by atoms with Gasteiger partial charge in [0.1, 0.15) is 11.9 Å². The van der Waals surface area contributed by atoms with Crippen molar-refractivity contribution in [2.45, 2.75) is 31.9 Å². The number of benzene rings is 3. The second kappa shape index (κ2) is 10.4. The van der Waals surface area contributed by atoms with Gasteiger partial charge in [-0.1, -0.05) is 78.9 Å². The van der Waals surface area contributed by atoms with Gasteiger partial charge in [-0.3, -0.25) is 9.47 Å². The first-order valence-corrected chi connectivity index (χ1v) is 11.1. The molecule has 0 aliphatic rings. The molecule has 0 amide bonds. The standard InChI is InChI=1S/C27H30N4O/c1-21(22-13-6-3-7-14-22)30(2)20-12-19-25-28-29-27(26(32)23-15-8-4-9-16-23)31(25)24-17-10-5-11-18-24/h3-11,13-18,21,26,32H,12,19-20H2,1-2H3. The fourth-order valence-corrected chi connectivity index (χ4v) is 3.98. The molecule has 5 nitrogen and oxygen atoms in total. The van der Waals surface area contributed by atoms with Gasteiger partial charge < -0.3 is 5.11 Å². The highest BCUT2D eigenvalue weighted by Gasteiger charge is 2.22. The number of nitrogens with zero attached hydrogens (tertiary/aromatic N) is 4. The van der Waals surface area contributed by atoms with Crippen LogP contribution in [0, 0.1) is 0 Å². The zero-order valence-electron chi connectivity index (χ0n) is 18.7. The predicted molar refractivity (Wildman–Crippen MR) is 128 cm³/mol. The molecule has 0 aliphatic carbocycles. The molecule has 2 unspecified atom stereocenters. The summed E-state index contributed by atoms with van der Waals surface area (Å²) in [7, 11) is 2.16. The molecule has 1 heterocycles. The molecular formula is C27H30N4O. The van der Waals surface area contributed by atoms with Gasteiger partial charge in [-0.2, -0.15) is 0 Å². The summed E-state index contributed by atoms with van der Waals surface area (Å²) in [5.74, 6) is 1.41. The third-order valence-electron chi connectivity index (χ3n) is 5.98. The molecule has 1 N–H and O–H groups in total. The van der Waals surface area contributed by atoms with Gasteiger partial charge in [0.2, 0.25) is 0 Å². The summed E-state index contributed by atoms with van der Waals surface area (Å²) in [6.45, 7) is 3.17. The van der Waals surface area contributed by atoms with E-state index in [0.29, 0.717) is 11.9 Å². The van der Waals surface area contributed by atoms with Crippen LogP contribution in [0.2, 0.25) is 0 Å². The minimum Gasteiger partial charge on any atom is -0.380 e. The Morgan fingerprint density at radius 2 is 1.38 bits per heavy atom. The molecule has 0 fully saturated rings. The van der Waals surface area contributed by atoms with Crippen molar-refractivity contribution in [1.29, 1.82) is 0 Å². The van der Waals surface area contributed by atoms with Crippen LogP contribution in [-0.2, 0) is 6.42 Å². The maximum atomic E-state index is 11.0. The topological polar surface area (TPSA) is 54.2 Å². The van der Waals surface area contributed by atoms with Crippen molar-refractivity contribution in [3.63, 3.8) is 0 Å². The Bertz CT molecular complexity index is 1100. The molecule has 4 rings (SSSR count). The first-order valence-electron chi connectivity index (χ1n) is 11.1. The van der Waals surface area contributed by atoms with Gasteiger partial charge in [0, 0.05) is 18.2 Å². The van der Waals surface area contributed by atoms with Gasteiger partial charge >= 0.3 is 0 Å². The zero-order valence-corrected chi connectivity index (χ0v) is 18.7. The summed E-state index contributed by atoms with van der Waals surface area (Å²) < 4.78 is 2.00. The molecule has 3 aromatic carbocycles. The minimum absolute atomic E-state index is 0.346. The normalized spacial score (nSPS) is 13.2. The maximum Gasteiger partial charge on any atom is 0.171 e. The molecule has 5 heteroatoms. The van der Waals surface area contributed by atoms with E-state index in [0.717, 1.165) is 36.5 Å². The lowest BCUT2D eigenvalue weighted by Gasteiger charge is -2.25. The first kappa shape index (κ1) is 21.9. The van der Waals surface area contributed by atoms with E-state index in [-0.39, 0.29) is 0 Å². The number of aliphatic hydroxyl groups is 1. The smallest absolute Gasteiger partial charge is 0.171 e. The molecule has 4 aromatic rings. The lowest BCUT2D eigenvalue weighted by atomic mass is 10.1. The van der Waals surface area contributed by atoms with Gasteiger partial charge in [-0.25, -0.2) is 0 Å². The number of hydrogen-bond donors (Lipinski definition) is 1. The second-order valence-corrected chi connectivity index (χ2v) is 8.13. The van der Waals surface area contributed by atoms with E-state index in [1.165, 1.54) is 5.56 Å². The summed E-state index contributed by atoms with van der Waals surface area (Å²) in [6, 6.07) is 30.5. The van der Waals surface area contributed by atoms with Gasteiger partial charge in [0.15, 0.2) is 5.82 Å². The summed E-state index contributed by atoms with van der Waals surface area (Å²) >= 11 is 0. The Balaban J connectivity index is 1.52. The Hall–Kier alpha value is -3.28. The molecule has 0 aliphatic heterocycles. The molecule has 0 saturated carbocycles. The molecule has 32 heavy (non-hydrogen) atoms. The fourth-order valence-electron chi connectivity index (χ4n) is 3.98. The third kappa shape index (κ3) is 4.96. The summed E-state index contributed by atoms with van der Waals surface area (Å²) in [5.41, 5.74) is 3.08. The average molecular weight is 427 g/mol. The number of aliphatic hydroxyl groups excluding tert-OH is 1. The molecule has 0 bridgehead atoms. The van der Waals surface area contributed by atoms with Gasteiger partial charge in [-0.05, 0) is 50.2 Å². The van der Waals surface area contributed by atoms with Crippen LogP contribution in [0.5, 0.6) is 0 Å². The highest BCUT2D eigenvalue weighted by molar-refractivity contribution is 5.36. The van der Waals surface area contributed by atoms with E-state index in [4.69, 9.17) is 0 Å². The van der Waals surface area contributed by atoms with Crippen molar-refractivity contribution in [3.8, 4) is 5.69 Å². The van der Waals surface area contributed by atoms with E-state index >= 15 is 0 Å². The lowest BCUT2D eigenvalue weighted by Crippen LogP contribution is -2.24. The molecule has 0 saturated heterocycles. The van der Waals surface area contributed by atoms with Crippen LogP contribution in [0.1, 0.15) is 48.3 Å². The molecular weight excluding hydrogens is 396 g/mol. The Morgan fingerprint density at radius 1 is 0.812 bits per heavy atom. The van der Waals surface area contributed by atoms with Crippen molar-refractivity contribution in [2.24, 2.45) is 0 Å². The lowest BCUT2D eigenvalue weighted by molar-refractivity contribution is 0.207. The maximum absolute atomic E-state index is 11.0. The van der Waals surface area contributed by atoms with Crippen LogP contribution >= 0.6 is 0 Å². The number of aromatic nitrogens is 3. The van der Waals surface area contributed by atoms with E-state index in [9.17, 15) is 5.11 Å². The Kier molecular flexibility index (Phi) is 7.10. The van der Waals surface area contributed by atoms with Gasteiger partial charge in [-0.15, -0.1) is 10.2 Å². The number of hydrogen-bond acceptors (Lipinski definition) is 4. The third-order valence-corrected chi connectivity index (χ3v) is 5.98. The van der Waals surface area contributed by atoms with Crippen molar-refractivity contribution < 1.29 is 5.11 Å². The van der Waals surface area contributed by atoms with Crippen molar-refractivity contribution in [2.75, 3.05) is 13.6 Å². The van der Waals surface area contributed by atoms with E-state index in [1.54, 1.807) is 0 Å². The highest BCUT2D eigenvalue weighted by atomic mass is 16.3. The Morgan fingerprint density at radius 3 is 2.00 bits per heavy atom. The number of rotatable bonds is 9. The monoisotopic (exact) mass is 426 g/mol. The summed E-state index contributed by atoms with van der Waals surface area (Å²) in [4.78, 5) is 2.36. The number of para-hydroxylation sites is 1. The quantitative estimate of drug-likeness (QED) is 0.410. The molecule has 164 valence electrons.